The van der Waals surface area contributed by atoms with Gasteiger partial charge in [-0.1, -0.05) is 37.9 Å². The van der Waals surface area contributed by atoms with Crippen LogP contribution in [0.1, 0.15) is 25.8 Å². The molecule has 2 unspecified atom stereocenters. The molecule has 0 aromatic heterocycles. The Morgan fingerprint density at radius 3 is 2.55 bits per heavy atom. The van der Waals surface area contributed by atoms with Crippen molar-refractivity contribution in [3.8, 4) is 0 Å². The molecule has 0 saturated carbocycles. The van der Waals surface area contributed by atoms with Gasteiger partial charge in [0.1, 0.15) is 6.04 Å². The molecular weight excluding hydrogens is 280 g/mol. The van der Waals surface area contributed by atoms with Gasteiger partial charge < -0.3 is 15.7 Å². The average molecular weight is 299 g/mol. The molecule has 0 saturated heterocycles. The molecule has 0 bridgehead atoms. The van der Waals surface area contributed by atoms with Crippen LogP contribution in [0.4, 0.5) is 10.5 Å². The third-order valence-corrected chi connectivity index (χ3v) is 3.45. The summed E-state index contributed by atoms with van der Waals surface area (Å²) < 4.78 is 0. The van der Waals surface area contributed by atoms with E-state index in [0.29, 0.717) is 17.1 Å². The van der Waals surface area contributed by atoms with Gasteiger partial charge in [-0.05, 0) is 30.5 Å². The molecule has 3 N–H and O–H groups in total. The van der Waals surface area contributed by atoms with Gasteiger partial charge in [-0.3, -0.25) is 0 Å². The second-order valence-electron chi connectivity index (χ2n) is 4.78. The van der Waals surface area contributed by atoms with Crippen LogP contribution in [-0.4, -0.2) is 23.1 Å². The summed E-state index contributed by atoms with van der Waals surface area (Å²) in [5.74, 6) is -1.21. The van der Waals surface area contributed by atoms with Gasteiger partial charge in [0.25, 0.3) is 0 Å². The summed E-state index contributed by atoms with van der Waals surface area (Å²) >= 11 is 6.00. The second-order valence-corrected chi connectivity index (χ2v) is 5.19. The molecule has 20 heavy (non-hydrogen) atoms. The highest BCUT2D eigenvalue weighted by Gasteiger charge is 2.25. The van der Waals surface area contributed by atoms with E-state index in [1.807, 2.05) is 19.9 Å². The lowest BCUT2D eigenvalue weighted by Gasteiger charge is -2.20. The maximum absolute atomic E-state index is 11.8. The smallest absolute Gasteiger partial charge is 0.326 e. The molecule has 6 heteroatoms. The number of hydrogen-bond acceptors (Lipinski definition) is 2. The van der Waals surface area contributed by atoms with Gasteiger partial charge in [-0.25, -0.2) is 9.59 Å². The minimum absolute atomic E-state index is 0.160. The third kappa shape index (κ3) is 4.42. The minimum Gasteiger partial charge on any atom is -0.480 e. The zero-order valence-corrected chi connectivity index (χ0v) is 12.5. The van der Waals surface area contributed by atoms with Gasteiger partial charge >= 0.3 is 12.0 Å². The Hall–Kier alpha value is -1.75. The summed E-state index contributed by atoms with van der Waals surface area (Å²) in [5, 5.41) is 14.5. The van der Waals surface area contributed by atoms with E-state index in [4.69, 9.17) is 16.7 Å². The number of carboxylic acids is 1. The summed E-state index contributed by atoms with van der Waals surface area (Å²) in [7, 11) is 0. The van der Waals surface area contributed by atoms with E-state index in [2.05, 4.69) is 10.6 Å². The maximum Gasteiger partial charge on any atom is 0.326 e. The van der Waals surface area contributed by atoms with E-state index in [9.17, 15) is 9.59 Å². The molecule has 1 aromatic rings. The van der Waals surface area contributed by atoms with Crippen LogP contribution < -0.4 is 10.6 Å². The number of rotatable bonds is 5. The monoisotopic (exact) mass is 298 g/mol. The van der Waals surface area contributed by atoms with E-state index >= 15 is 0 Å². The van der Waals surface area contributed by atoms with Crippen LogP contribution in [0.3, 0.4) is 0 Å². The van der Waals surface area contributed by atoms with Gasteiger partial charge in [0.05, 0.1) is 10.7 Å². The molecule has 0 radical (unpaired) electrons. The van der Waals surface area contributed by atoms with Gasteiger partial charge in [0.15, 0.2) is 0 Å². The van der Waals surface area contributed by atoms with Gasteiger partial charge in [0.2, 0.25) is 0 Å². The number of anilines is 1. The third-order valence-electron chi connectivity index (χ3n) is 3.14. The fourth-order valence-electron chi connectivity index (χ4n) is 1.70. The van der Waals surface area contributed by atoms with Crippen LogP contribution in [0.2, 0.25) is 5.02 Å². The lowest BCUT2D eigenvalue weighted by atomic mass is 9.99. The van der Waals surface area contributed by atoms with E-state index in [-0.39, 0.29) is 5.92 Å². The van der Waals surface area contributed by atoms with Crippen LogP contribution in [0.5, 0.6) is 0 Å². The van der Waals surface area contributed by atoms with Gasteiger partial charge in [-0.15, -0.1) is 0 Å². The minimum atomic E-state index is -1.05. The Kier molecular flexibility index (Phi) is 5.82. The SMILES string of the molecule is CCC(C)C(NC(=O)Nc1ccc(C)cc1Cl)C(=O)O. The number of halogens is 1. The summed E-state index contributed by atoms with van der Waals surface area (Å²) in [6.07, 6.45) is 0.655. The number of carbonyl (C=O) groups excluding carboxylic acids is 1. The van der Waals surface area contributed by atoms with Crippen LogP contribution >= 0.6 is 11.6 Å². The van der Waals surface area contributed by atoms with E-state index in [0.717, 1.165) is 5.56 Å². The van der Waals surface area contributed by atoms with Crippen molar-refractivity contribution in [2.45, 2.75) is 33.2 Å². The first-order chi connectivity index (χ1) is 9.35. The fourth-order valence-corrected chi connectivity index (χ4v) is 1.99. The van der Waals surface area contributed by atoms with Crippen molar-refractivity contribution >= 4 is 29.3 Å². The summed E-state index contributed by atoms with van der Waals surface area (Å²) in [5.41, 5.74) is 1.42. The molecule has 0 heterocycles. The fraction of sp³-hybridized carbons (Fsp3) is 0.429. The number of urea groups is 1. The Morgan fingerprint density at radius 2 is 2.05 bits per heavy atom. The number of benzene rings is 1. The van der Waals surface area contributed by atoms with Crippen LogP contribution in [0.25, 0.3) is 0 Å². The zero-order valence-electron chi connectivity index (χ0n) is 11.7. The van der Waals surface area contributed by atoms with Crippen LogP contribution in [-0.2, 0) is 4.79 Å². The first-order valence-electron chi connectivity index (χ1n) is 6.41. The van der Waals surface area contributed by atoms with Crippen molar-refractivity contribution in [3.63, 3.8) is 0 Å². The van der Waals surface area contributed by atoms with E-state index in [1.54, 1.807) is 19.1 Å². The first-order valence-corrected chi connectivity index (χ1v) is 6.79. The lowest BCUT2D eigenvalue weighted by molar-refractivity contribution is -0.140. The van der Waals surface area contributed by atoms with Crippen molar-refractivity contribution in [2.75, 3.05) is 5.32 Å². The molecule has 0 aliphatic carbocycles. The summed E-state index contributed by atoms with van der Waals surface area (Å²) in [4.78, 5) is 23.0. The van der Waals surface area contributed by atoms with E-state index < -0.39 is 18.0 Å². The molecule has 2 atom stereocenters. The molecule has 5 nitrogen and oxygen atoms in total. The molecule has 0 spiro atoms. The Morgan fingerprint density at radius 1 is 1.40 bits per heavy atom. The van der Waals surface area contributed by atoms with Crippen molar-refractivity contribution < 1.29 is 14.7 Å². The summed E-state index contributed by atoms with van der Waals surface area (Å²) in [6, 6.07) is 3.70. The van der Waals surface area contributed by atoms with E-state index in [1.165, 1.54) is 0 Å². The quantitative estimate of drug-likeness (QED) is 0.780. The highest BCUT2D eigenvalue weighted by Crippen LogP contribution is 2.22. The normalized spacial score (nSPS) is 13.4. The maximum atomic E-state index is 11.8. The average Bonchev–Trinajstić information content (AvgIpc) is 2.38. The molecule has 110 valence electrons. The number of carbonyl (C=O) groups is 2. The first kappa shape index (κ1) is 16.3. The predicted molar refractivity (Wildman–Crippen MR) is 79.2 cm³/mol. The van der Waals surface area contributed by atoms with Gasteiger partial charge in [0, 0.05) is 0 Å². The number of aliphatic carboxylic acids is 1. The highest BCUT2D eigenvalue weighted by atomic mass is 35.5. The van der Waals surface area contributed by atoms with Crippen LogP contribution in [0, 0.1) is 12.8 Å². The number of carboxylic acid groups (broad SMARTS) is 1. The topological polar surface area (TPSA) is 78.4 Å². The molecule has 1 rings (SSSR count). The predicted octanol–water partition coefficient (Wildman–Crippen LogP) is 3.27. The van der Waals surface area contributed by atoms with Crippen molar-refractivity contribution in [1.82, 2.24) is 5.32 Å². The number of nitrogens with one attached hydrogen (secondary N) is 2. The van der Waals surface area contributed by atoms with Crippen LogP contribution in [0.15, 0.2) is 18.2 Å². The highest BCUT2D eigenvalue weighted by molar-refractivity contribution is 6.33. The molecule has 2 amide bonds. The number of hydrogen-bond donors (Lipinski definition) is 3. The summed E-state index contributed by atoms with van der Waals surface area (Å²) in [6.45, 7) is 5.54. The van der Waals surface area contributed by atoms with Gasteiger partial charge in [-0.2, -0.15) is 0 Å². The second kappa shape index (κ2) is 7.14. The Bertz CT molecular complexity index is 505. The Labute approximate surface area is 123 Å². The Balaban J connectivity index is 2.73. The molecular formula is C14H19ClN2O3. The molecule has 0 aliphatic heterocycles. The molecule has 0 fully saturated rings. The molecule has 0 aliphatic rings. The number of aryl methyl sites for hydroxylation is 1. The standard InChI is InChI=1S/C14H19ClN2O3/c1-4-9(3)12(13(18)19)17-14(20)16-11-6-5-8(2)7-10(11)15/h5-7,9,12H,4H2,1-3H3,(H,18,19)(H2,16,17,20). The lowest BCUT2D eigenvalue weighted by Crippen LogP contribution is -2.46. The largest absolute Gasteiger partial charge is 0.480 e. The van der Waals surface area contributed by atoms with Crippen molar-refractivity contribution in [1.29, 1.82) is 0 Å². The van der Waals surface area contributed by atoms with Crippen molar-refractivity contribution in [3.05, 3.63) is 28.8 Å². The molecule has 1 aromatic carbocycles. The zero-order chi connectivity index (χ0) is 15.3. The van der Waals surface area contributed by atoms with Crippen molar-refractivity contribution in [2.24, 2.45) is 5.92 Å². The number of amides is 2.